The van der Waals surface area contributed by atoms with Crippen molar-refractivity contribution in [1.82, 2.24) is 14.7 Å². The molecule has 18 heavy (non-hydrogen) atoms. The van der Waals surface area contributed by atoms with E-state index in [1.807, 2.05) is 13.8 Å². The summed E-state index contributed by atoms with van der Waals surface area (Å²) in [5, 5.41) is 8.84. The van der Waals surface area contributed by atoms with Crippen molar-refractivity contribution in [3.63, 3.8) is 0 Å². The third-order valence-electron chi connectivity index (χ3n) is 3.26. The molecule has 0 radical (unpaired) electrons. The van der Waals surface area contributed by atoms with Gasteiger partial charge in [-0.05, 0) is 20.4 Å². The van der Waals surface area contributed by atoms with Crippen molar-refractivity contribution in [3.05, 3.63) is 0 Å². The molecule has 1 aliphatic rings. The number of rotatable bonds is 4. The third-order valence-corrected chi connectivity index (χ3v) is 3.26. The highest BCUT2D eigenvalue weighted by Crippen LogP contribution is 2.08. The summed E-state index contributed by atoms with van der Waals surface area (Å²) in [7, 11) is 0. The van der Waals surface area contributed by atoms with Crippen LogP contribution in [-0.4, -0.2) is 77.1 Å². The average Bonchev–Trinajstić information content (AvgIpc) is 2.34. The lowest BCUT2D eigenvalue weighted by Gasteiger charge is -2.38. The minimum Gasteiger partial charge on any atom is -0.480 e. The number of likely N-dealkylation sites (N-methyl/N-ethyl adjacent to an activating group) is 1. The second kappa shape index (κ2) is 6.58. The molecule has 0 atom stereocenters. The van der Waals surface area contributed by atoms with E-state index >= 15 is 0 Å². The predicted molar refractivity (Wildman–Crippen MR) is 68.6 cm³/mol. The van der Waals surface area contributed by atoms with Gasteiger partial charge in [-0.3, -0.25) is 4.79 Å². The van der Waals surface area contributed by atoms with Crippen molar-refractivity contribution in [2.24, 2.45) is 0 Å². The van der Waals surface area contributed by atoms with Gasteiger partial charge in [0.25, 0.3) is 0 Å². The van der Waals surface area contributed by atoms with Crippen molar-refractivity contribution >= 4 is 12.0 Å². The Morgan fingerprint density at radius 1 is 1.22 bits per heavy atom. The maximum atomic E-state index is 12.2. The number of carbonyl (C=O) groups excluding carboxylic acids is 1. The molecule has 0 saturated carbocycles. The van der Waals surface area contributed by atoms with E-state index in [2.05, 4.69) is 11.8 Å². The number of carboxylic acid groups (broad SMARTS) is 1. The number of carboxylic acids is 1. The lowest BCUT2D eigenvalue weighted by Crippen LogP contribution is -2.54. The van der Waals surface area contributed by atoms with Gasteiger partial charge in [-0.15, -0.1) is 0 Å². The van der Waals surface area contributed by atoms with Crippen LogP contribution < -0.4 is 0 Å². The first-order valence-electron chi connectivity index (χ1n) is 6.45. The van der Waals surface area contributed by atoms with Crippen LogP contribution in [0.4, 0.5) is 4.79 Å². The van der Waals surface area contributed by atoms with E-state index in [0.29, 0.717) is 13.1 Å². The van der Waals surface area contributed by atoms with Crippen LogP contribution in [0.1, 0.15) is 20.8 Å². The van der Waals surface area contributed by atoms with E-state index in [1.54, 1.807) is 4.90 Å². The summed E-state index contributed by atoms with van der Waals surface area (Å²) >= 11 is 0. The summed E-state index contributed by atoms with van der Waals surface area (Å²) in [6.07, 6.45) is 0. The molecule has 2 amide bonds. The molecular weight excluding hydrogens is 234 g/mol. The summed E-state index contributed by atoms with van der Waals surface area (Å²) in [6, 6.07) is -0.263. The third kappa shape index (κ3) is 3.87. The smallest absolute Gasteiger partial charge is 0.323 e. The van der Waals surface area contributed by atoms with Gasteiger partial charge in [-0.1, -0.05) is 6.92 Å². The van der Waals surface area contributed by atoms with Gasteiger partial charge >= 0.3 is 12.0 Å². The molecule has 1 aliphatic heterocycles. The summed E-state index contributed by atoms with van der Waals surface area (Å²) < 4.78 is 0. The van der Waals surface area contributed by atoms with Crippen molar-refractivity contribution in [2.45, 2.75) is 26.8 Å². The first kappa shape index (κ1) is 14.8. The second-order valence-electron chi connectivity index (χ2n) is 4.82. The van der Waals surface area contributed by atoms with Crippen LogP contribution in [0, 0.1) is 0 Å². The van der Waals surface area contributed by atoms with Gasteiger partial charge < -0.3 is 19.8 Å². The Kier molecular flexibility index (Phi) is 5.40. The second-order valence-corrected chi connectivity index (χ2v) is 4.82. The van der Waals surface area contributed by atoms with Crippen molar-refractivity contribution in [1.29, 1.82) is 0 Å². The molecule has 6 nitrogen and oxygen atoms in total. The molecule has 1 saturated heterocycles. The van der Waals surface area contributed by atoms with E-state index in [0.717, 1.165) is 19.6 Å². The average molecular weight is 257 g/mol. The quantitative estimate of drug-likeness (QED) is 0.798. The fourth-order valence-corrected chi connectivity index (χ4v) is 2.05. The first-order chi connectivity index (χ1) is 8.45. The van der Waals surface area contributed by atoms with E-state index in [-0.39, 0.29) is 18.6 Å². The molecule has 0 aromatic rings. The Morgan fingerprint density at radius 3 is 2.17 bits per heavy atom. The molecule has 1 rings (SSSR count). The van der Waals surface area contributed by atoms with Crippen LogP contribution >= 0.6 is 0 Å². The number of piperazine rings is 1. The Bertz CT molecular complexity index is 299. The zero-order chi connectivity index (χ0) is 13.7. The number of amides is 2. The van der Waals surface area contributed by atoms with Gasteiger partial charge in [0.1, 0.15) is 6.54 Å². The minimum atomic E-state index is -0.968. The van der Waals surface area contributed by atoms with Crippen LogP contribution in [0.15, 0.2) is 0 Å². The van der Waals surface area contributed by atoms with Crippen LogP contribution in [0.3, 0.4) is 0 Å². The summed E-state index contributed by atoms with van der Waals surface area (Å²) in [5.41, 5.74) is 0. The first-order valence-corrected chi connectivity index (χ1v) is 6.45. The highest BCUT2D eigenvalue weighted by molar-refractivity contribution is 5.80. The molecule has 1 N–H and O–H groups in total. The number of hydrogen-bond acceptors (Lipinski definition) is 3. The van der Waals surface area contributed by atoms with Crippen molar-refractivity contribution in [2.75, 3.05) is 39.3 Å². The number of urea groups is 1. The fourth-order valence-electron chi connectivity index (χ4n) is 2.05. The SMILES string of the molecule is CCN1CCN(C(=O)N(CC(=O)O)C(C)C)CC1. The summed E-state index contributed by atoms with van der Waals surface area (Å²) in [5.74, 6) is -0.968. The van der Waals surface area contributed by atoms with E-state index < -0.39 is 5.97 Å². The molecule has 6 heteroatoms. The topological polar surface area (TPSA) is 64.1 Å². The Morgan fingerprint density at radius 2 is 1.78 bits per heavy atom. The largest absolute Gasteiger partial charge is 0.480 e. The highest BCUT2D eigenvalue weighted by Gasteiger charge is 2.27. The van der Waals surface area contributed by atoms with Crippen LogP contribution in [0.25, 0.3) is 0 Å². The summed E-state index contributed by atoms with van der Waals surface area (Å²) in [4.78, 5) is 28.4. The van der Waals surface area contributed by atoms with Gasteiger partial charge in [0.2, 0.25) is 0 Å². The monoisotopic (exact) mass is 257 g/mol. The Balaban J connectivity index is 2.58. The lowest BCUT2D eigenvalue weighted by molar-refractivity contribution is -0.138. The highest BCUT2D eigenvalue weighted by atomic mass is 16.4. The van der Waals surface area contributed by atoms with E-state index in [1.165, 1.54) is 4.90 Å². The molecular formula is C12H23N3O3. The normalized spacial score (nSPS) is 17.0. The zero-order valence-corrected chi connectivity index (χ0v) is 11.4. The maximum absolute atomic E-state index is 12.2. The molecule has 0 aromatic heterocycles. The lowest BCUT2D eigenvalue weighted by atomic mass is 10.3. The van der Waals surface area contributed by atoms with Gasteiger partial charge in [0.05, 0.1) is 0 Å². The zero-order valence-electron chi connectivity index (χ0n) is 11.4. The molecule has 1 heterocycles. The van der Waals surface area contributed by atoms with E-state index in [9.17, 15) is 9.59 Å². The Hall–Kier alpha value is -1.30. The number of nitrogens with zero attached hydrogens (tertiary/aromatic N) is 3. The number of carbonyl (C=O) groups is 2. The maximum Gasteiger partial charge on any atom is 0.323 e. The molecule has 104 valence electrons. The molecule has 0 spiro atoms. The predicted octanol–water partition coefficient (Wildman–Crippen LogP) is 0.539. The number of hydrogen-bond donors (Lipinski definition) is 1. The van der Waals surface area contributed by atoms with Crippen LogP contribution in [-0.2, 0) is 4.79 Å². The van der Waals surface area contributed by atoms with E-state index in [4.69, 9.17) is 5.11 Å². The summed E-state index contributed by atoms with van der Waals surface area (Å²) in [6.45, 7) is 9.61. The van der Waals surface area contributed by atoms with Gasteiger partial charge in [-0.25, -0.2) is 4.79 Å². The van der Waals surface area contributed by atoms with Gasteiger partial charge in [0, 0.05) is 32.2 Å². The van der Waals surface area contributed by atoms with Gasteiger partial charge in [-0.2, -0.15) is 0 Å². The molecule has 0 aliphatic carbocycles. The Labute approximate surface area is 108 Å². The van der Waals surface area contributed by atoms with Crippen molar-refractivity contribution < 1.29 is 14.7 Å². The molecule has 0 unspecified atom stereocenters. The standard InChI is InChI=1S/C12H23N3O3/c1-4-13-5-7-14(8-6-13)12(18)15(10(2)3)9-11(16)17/h10H,4-9H2,1-3H3,(H,16,17). The van der Waals surface area contributed by atoms with Crippen LogP contribution in [0.2, 0.25) is 0 Å². The van der Waals surface area contributed by atoms with Crippen LogP contribution in [0.5, 0.6) is 0 Å². The minimum absolute atomic E-state index is 0.0993. The molecule has 1 fully saturated rings. The molecule has 0 bridgehead atoms. The fraction of sp³-hybridized carbons (Fsp3) is 0.833. The van der Waals surface area contributed by atoms with Crippen molar-refractivity contribution in [3.8, 4) is 0 Å². The molecule has 0 aromatic carbocycles. The van der Waals surface area contributed by atoms with Gasteiger partial charge in [0.15, 0.2) is 0 Å². The number of aliphatic carboxylic acids is 1.